The number of rotatable bonds is 10. The molecule has 10 heteroatoms. The highest BCUT2D eigenvalue weighted by Gasteiger charge is 2.15. The van der Waals surface area contributed by atoms with Crippen molar-refractivity contribution in [2.75, 3.05) is 24.8 Å². The Balaban J connectivity index is 1.62. The van der Waals surface area contributed by atoms with Gasteiger partial charge in [-0.25, -0.2) is 0 Å². The maximum Gasteiger partial charge on any atom is 0.268 e. The SMILES string of the molecule is COc1cc(/C=C(/C#N)C(=O)Nc2nnc(C(C)C)s2)ccc1OCCSc1ccc(Cl)cc1. The van der Waals surface area contributed by atoms with Crippen LogP contribution in [0.2, 0.25) is 5.02 Å². The molecule has 2 aromatic carbocycles. The van der Waals surface area contributed by atoms with Gasteiger partial charge in [0.05, 0.1) is 13.7 Å². The van der Waals surface area contributed by atoms with Crippen LogP contribution in [-0.4, -0.2) is 35.6 Å². The summed E-state index contributed by atoms with van der Waals surface area (Å²) in [6, 6.07) is 14.8. The lowest BCUT2D eigenvalue weighted by Gasteiger charge is -2.11. The quantitative estimate of drug-likeness (QED) is 0.152. The van der Waals surface area contributed by atoms with Crippen LogP contribution in [0.3, 0.4) is 0 Å². The first-order chi connectivity index (χ1) is 16.4. The Bertz CT molecular complexity index is 1200. The van der Waals surface area contributed by atoms with Crippen molar-refractivity contribution in [2.24, 2.45) is 0 Å². The number of anilines is 1. The van der Waals surface area contributed by atoms with E-state index < -0.39 is 5.91 Å². The lowest BCUT2D eigenvalue weighted by molar-refractivity contribution is -0.112. The van der Waals surface area contributed by atoms with Crippen LogP contribution in [0.1, 0.15) is 30.3 Å². The Morgan fingerprint density at radius 1 is 1.24 bits per heavy atom. The number of amides is 1. The van der Waals surface area contributed by atoms with Crippen LogP contribution in [0.25, 0.3) is 6.08 Å². The van der Waals surface area contributed by atoms with E-state index in [-0.39, 0.29) is 11.5 Å². The van der Waals surface area contributed by atoms with Crippen molar-refractivity contribution in [2.45, 2.75) is 24.7 Å². The molecule has 34 heavy (non-hydrogen) atoms. The Labute approximate surface area is 211 Å². The van der Waals surface area contributed by atoms with Crippen molar-refractivity contribution in [1.82, 2.24) is 10.2 Å². The normalized spacial score (nSPS) is 11.2. The van der Waals surface area contributed by atoms with Crippen LogP contribution in [0, 0.1) is 11.3 Å². The second-order valence-electron chi connectivity index (χ2n) is 7.29. The van der Waals surface area contributed by atoms with Crippen LogP contribution in [0.4, 0.5) is 5.13 Å². The first-order valence-corrected chi connectivity index (χ1v) is 12.5. The molecule has 1 N–H and O–H groups in total. The van der Waals surface area contributed by atoms with Gasteiger partial charge >= 0.3 is 0 Å². The molecule has 0 aliphatic rings. The molecule has 0 unspecified atom stereocenters. The van der Waals surface area contributed by atoms with Crippen molar-refractivity contribution < 1.29 is 14.3 Å². The number of nitriles is 1. The molecule has 0 radical (unpaired) electrons. The van der Waals surface area contributed by atoms with Crippen molar-refractivity contribution in [1.29, 1.82) is 5.26 Å². The molecule has 0 saturated carbocycles. The third-order valence-electron chi connectivity index (χ3n) is 4.44. The maximum absolute atomic E-state index is 12.5. The molecule has 0 saturated heterocycles. The van der Waals surface area contributed by atoms with Crippen LogP contribution in [-0.2, 0) is 4.79 Å². The number of nitrogens with one attached hydrogen (secondary N) is 1. The number of methoxy groups -OCH3 is 1. The molecule has 1 aromatic heterocycles. The van der Waals surface area contributed by atoms with Crippen molar-refractivity contribution >= 4 is 51.8 Å². The van der Waals surface area contributed by atoms with Crippen molar-refractivity contribution in [3.05, 3.63) is 63.6 Å². The summed E-state index contributed by atoms with van der Waals surface area (Å²) in [6.07, 6.45) is 1.49. The molecule has 1 heterocycles. The standard InChI is InChI=1S/C24H23ClN4O3S2/c1-15(2)23-28-29-24(34-23)27-22(30)17(14-26)12-16-4-9-20(21(13-16)31-3)32-10-11-33-19-7-5-18(25)6-8-19/h4-9,12-13,15H,10-11H2,1-3H3,(H,27,29,30)/b17-12-. The third kappa shape index (κ3) is 7.22. The summed E-state index contributed by atoms with van der Waals surface area (Å²) >= 11 is 8.85. The molecule has 0 fully saturated rings. The second kappa shape index (κ2) is 12.4. The number of carbonyl (C=O) groups is 1. The Morgan fingerprint density at radius 2 is 2.00 bits per heavy atom. The van der Waals surface area contributed by atoms with E-state index in [0.29, 0.717) is 33.8 Å². The minimum Gasteiger partial charge on any atom is -0.493 e. The Kier molecular flexibility index (Phi) is 9.33. The van der Waals surface area contributed by atoms with Crippen molar-refractivity contribution in [3.8, 4) is 17.6 Å². The number of hydrogen-bond acceptors (Lipinski definition) is 8. The fourth-order valence-corrected chi connectivity index (χ4v) is 4.33. The molecular formula is C24H23ClN4O3S2. The molecule has 1 amide bonds. The van der Waals surface area contributed by atoms with Crippen LogP contribution >= 0.6 is 34.7 Å². The molecular weight excluding hydrogens is 492 g/mol. The minimum absolute atomic E-state index is 0.0589. The number of ether oxygens (including phenoxy) is 2. The van der Waals surface area contributed by atoms with Crippen molar-refractivity contribution in [3.63, 3.8) is 0 Å². The molecule has 0 aliphatic carbocycles. The first-order valence-electron chi connectivity index (χ1n) is 10.4. The Morgan fingerprint density at radius 3 is 2.65 bits per heavy atom. The zero-order valence-corrected chi connectivity index (χ0v) is 21.3. The summed E-state index contributed by atoms with van der Waals surface area (Å²) in [7, 11) is 1.54. The van der Waals surface area contributed by atoms with Gasteiger partial charge in [-0.1, -0.05) is 42.9 Å². The topological polar surface area (TPSA) is 97.1 Å². The van der Waals surface area contributed by atoms with Gasteiger partial charge in [0, 0.05) is 21.6 Å². The van der Waals surface area contributed by atoms with E-state index in [0.717, 1.165) is 15.7 Å². The summed E-state index contributed by atoms with van der Waals surface area (Å²) in [6.45, 7) is 4.46. The summed E-state index contributed by atoms with van der Waals surface area (Å²) in [5.74, 6) is 1.49. The Hall–Kier alpha value is -3.06. The summed E-state index contributed by atoms with van der Waals surface area (Å²) in [5, 5.41) is 22.0. The summed E-state index contributed by atoms with van der Waals surface area (Å²) in [4.78, 5) is 13.6. The van der Waals surface area contributed by atoms with Gasteiger partial charge in [0.25, 0.3) is 5.91 Å². The highest BCUT2D eigenvalue weighted by Crippen LogP contribution is 2.30. The van der Waals surface area contributed by atoms with E-state index in [1.54, 1.807) is 30.0 Å². The lowest BCUT2D eigenvalue weighted by Crippen LogP contribution is -2.13. The van der Waals surface area contributed by atoms with Gasteiger partial charge in [0.15, 0.2) is 11.5 Å². The number of aromatic nitrogens is 2. The smallest absolute Gasteiger partial charge is 0.268 e. The molecule has 0 spiro atoms. The van der Waals surface area contributed by atoms with Gasteiger partial charge in [-0.2, -0.15) is 5.26 Å². The largest absolute Gasteiger partial charge is 0.493 e. The zero-order valence-electron chi connectivity index (χ0n) is 18.9. The highest BCUT2D eigenvalue weighted by molar-refractivity contribution is 7.99. The van der Waals surface area contributed by atoms with Gasteiger partial charge in [-0.05, 0) is 48.0 Å². The van der Waals surface area contributed by atoms with Gasteiger partial charge in [0.2, 0.25) is 5.13 Å². The van der Waals surface area contributed by atoms with E-state index in [1.165, 1.54) is 24.5 Å². The molecule has 3 aromatic rings. The van der Waals surface area contributed by atoms with Gasteiger partial charge in [-0.15, -0.1) is 22.0 Å². The number of halogens is 1. The van der Waals surface area contributed by atoms with E-state index >= 15 is 0 Å². The number of hydrogen-bond donors (Lipinski definition) is 1. The highest BCUT2D eigenvalue weighted by atomic mass is 35.5. The maximum atomic E-state index is 12.5. The number of carbonyl (C=O) groups excluding carboxylic acids is 1. The van der Waals surface area contributed by atoms with Gasteiger partial charge < -0.3 is 9.47 Å². The summed E-state index contributed by atoms with van der Waals surface area (Å²) < 4.78 is 11.3. The van der Waals surface area contributed by atoms with E-state index in [4.69, 9.17) is 21.1 Å². The van der Waals surface area contributed by atoms with Crippen LogP contribution < -0.4 is 14.8 Å². The number of nitrogens with zero attached hydrogens (tertiary/aromatic N) is 3. The molecule has 176 valence electrons. The molecule has 0 bridgehead atoms. The van der Waals surface area contributed by atoms with Crippen LogP contribution in [0.5, 0.6) is 11.5 Å². The first kappa shape index (κ1) is 25.6. The van der Waals surface area contributed by atoms with Gasteiger partial charge in [0.1, 0.15) is 16.6 Å². The second-order valence-corrected chi connectivity index (χ2v) is 9.90. The molecule has 7 nitrogen and oxygen atoms in total. The number of benzene rings is 2. The number of thioether (sulfide) groups is 1. The minimum atomic E-state index is -0.549. The molecule has 3 rings (SSSR count). The molecule has 0 aliphatic heterocycles. The fraction of sp³-hybridized carbons (Fsp3) is 0.250. The van der Waals surface area contributed by atoms with E-state index in [1.807, 2.05) is 44.2 Å². The van der Waals surface area contributed by atoms with Crippen LogP contribution in [0.15, 0.2) is 52.9 Å². The van der Waals surface area contributed by atoms with Gasteiger partial charge in [-0.3, -0.25) is 10.1 Å². The monoisotopic (exact) mass is 514 g/mol. The summed E-state index contributed by atoms with van der Waals surface area (Å²) in [5.41, 5.74) is 0.572. The predicted molar refractivity (Wildman–Crippen MR) is 137 cm³/mol. The molecule has 0 atom stereocenters. The van der Waals surface area contributed by atoms with E-state index in [2.05, 4.69) is 15.5 Å². The third-order valence-corrected chi connectivity index (χ3v) is 6.81. The average molecular weight is 515 g/mol. The predicted octanol–water partition coefficient (Wildman–Crippen LogP) is 6.04. The van der Waals surface area contributed by atoms with E-state index in [9.17, 15) is 10.1 Å². The zero-order chi connectivity index (χ0) is 24.5. The lowest BCUT2D eigenvalue weighted by atomic mass is 10.1. The fourth-order valence-electron chi connectivity index (χ4n) is 2.73. The average Bonchev–Trinajstić information content (AvgIpc) is 3.30.